The van der Waals surface area contributed by atoms with E-state index in [0.29, 0.717) is 0 Å². The molecule has 2 N–H and O–H groups in total. The van der Waals surface area contributed by atoms with Crippen LogP contribution in [0.15, 0.2) is 0 Å². The second kappa shape index (κ2) is 3.44. The normalized spacial score (nSPS) is 44.7. The summed E-state index contributed by atoms with van der Waals surface area (Å²) in [6.45, 7) is -0.401. The van der Waals surface area contributed by atoms with Gasteiger partial charge in [0.15, 0.2) is 12.5 Å². The second-order valence-corrected chi connectivity index (χ2v) is 2.40. The summed E-state index contributed by atoms with van der Waals surface area (Å²) in [5.74, 6) is 0. The number of methoxy groups -OCH3 is 1. The fourth-order valence-electron chi connectivity index (χ4n) is 1.03. The van der Waals surface area contributed by atoms with E-state index in [1.165, 1.54) is 7.11 Å². The Morgan fingerprint density at radius 3 is 2.55 bits per heavy atom. The molecule has 0 aromatic heterocycles. The Labute approximate surface area is 63.5 Å². The zero-order valence-corrected chi connectivity index (χ0v) is 6.11. The maximum absolute atomic E-state index is 12.8. The molecule has 5 heteroatoms. The van der Waals surface area contributed by atoms with Crippen molar-refractivity contribution in [1.29, 1.82) is 0 Å². The van der Waals surface area contributed by atoms with E-state index in [-0.39, 0.29) is 0 Å². The number of halogens is 1. The molecule has 0 aromatic carbocycles. The van der Waals surface area contributed by atoms with Gasteiger partial charge in [-0.3, -0.25) is 0 Å². The Morgan fingerprint density at radius 1 is 1.64 bits per heavy atom. The van der Waals surface area contributed by atoms with Crippen molar-refractivity contribution in [3.05, 3.63) is 0 Å². The third kappa shape index (κ3) is 1.51. The fourth-order valence-corrected chi connectivity index (χ4v) is 1.03. The molecule has 0 saturated carbocycles. The number of ether oxygens (including phenoxy) is 2. The minimum absolute atomic E-state index is 0.401. The number of alkyl halides is 1. The van der Waals surface area contributed by atoms with E-state index in [1.807, 2.05) is 0 Å². The first-order valence-electron chi connectivity index (χ1n) is 3.32. The quantitative estimate of drug-likeness (QED) is 0.555. The van der Waals surface area contributed by atoms with Crippen molar-refractivity contribution >= 4 is 0 Å². The maximum atomic E-state index is 12.8. The van der Waals surface area contributed by atoms with Gasteiger partial charge in [0, 0.05) is 7.11 Å². The molecule has 0 spiro atoms. The van der Waals surface area contributed by atoms with Crippen LogP contribution >= 0.6 is 0 Å². The van der Waals surface area contributed by atoms with E-state index in [0.717, 1.165) is 0 Å². The molecule has 1 heterocycles. The minimum atomic E-state index is -1.57. The van der Waals surface area contributed by atoms with Crippen molar-refractivity contribution in [2.75, 3.05) is 13.7 Å². The first-order valence-corrected chi connectivity index (χ1v) is 3.32. The number of rotatable bonds is 2. The predicted molar refractivity (Wildman–Crippen MR) is 33.7 cm³/mol. The first-order chi connectivity index (χ1) is 5.20. The summed E-state index contributed by atoms with van der Waals surface area (Å²) >= 11 is 0. The van der Waals surface area contributed by atoms with Gasteiger partial charge in [0.2, 0.25) is 0 Å². The Balaban J connectivity index is 2.53. The molecule has 0 unspecified atom stereocenters. The lowest BCUT2D eigenvalue weighted by atomic mass is 10.2. The summed E-state index contributed by atoms with van der Waals surface area (Å²) in [4.78, 5) is 0. The van der Waals surface area contributed by atoms with Crippen molar-refractivity contribution in [2.24, 2.45) is 0 Å². The highest BCUT2D eigenvalue weighted by Gasteiger charge is 2.43. The fraction of sp³-hybridized carbons (Fsp3) is 1.00. The number of aliphatic hydroxyl groups excluding tert-OH is 2. The lowest BCUT2D eigenvalue weighted by Gasteiger charge is -2.09. The van der Waals surface area contributed by atoms with E-state index < -0.39 is 31.3 Å². The standard InChI is InChI=1S/C6H11FO4/c1-10-6-4(7)5(9)3(2-8)11-6/h3-6,8-9H,2H2,1H3/t3-,4-,5-,6-/m1/s1. The van der Waals surface area contributed by atoms with Crippen molar-refractivity contribution in [2.45, 2.75) is 24.7 Å². The zero-order chi connectivity index (χ0) is 8.43. The van der Waals surface area contributed by atoms with Gasteiger partial charge in [-0.1, -0.05) is 0 Å². The zero-order valence-electron chi connectivity index (χ0n) is 6.11. The van der Waals surface area contributed by atoms with Gasteiger partial charge in [0.25, 0.3) is 0 Å². The molecule has 4 nitrogen and oxygen atoms in total. The second-order valence-electron chi connectivity index (χ2n) is 2.40. The molecule has 0 aliphatic carbocycles. The van der Waals surface area contributed by atoms with Crippen LogP contribution in [0, 0.1) is 0 Å². The topological polar surface area (TPSA) is 58.9 Å². The van der Waals surface area contributed by atoms with Gasteiger partial charge >= 0.3 is 0 Å². The SMILES string of the molecule is CO[C@@H]1O[C@H](CO)[C@@H](O)[C@H]1F. The van der Waals surface area contributed by atoms with Crippen LogP contribution in [0.4, 0.5) is 4.39 Å². The van der Waals surface area contributed by atoms with Crippen molar-refractivity contribution in [1.82, 2.24) is 0 Å². The van der Waals surface area contributed by atoms with Crippen LogP contribution in [0.1, 0.15) is 0 Å². The Morgan fingerprint density at radius 2 is 2.27 bits per heavy atom. The lowest BCUT2D eigenvalue weighted by molar-refractivity contribution is -0.141. The number of hydrogen-bond donors (Lipinski definition) is 2. The molecule has 1 aliphatic heterocycles. The Kier molecular flexibility index (Phi) is 2.78. The summed E-state index contributed by atoms with van der Waals surface area (Å²) in [5.41, 5.74) is 0. The molecular formula is C6H11FO4. The van der Waals surface area contributed by atoms with E-state index in [2.05, 4.69) is 4.74 Å². The predicted octanol–water partition coefficient (Wildman–Crippen LogP) is -0.951. The summed E-state index contributed by atoms with van der Waals surface area (Å²) in [5, 5.41) is 17.6. The maximum Gasteiger partial charge on any atom is 0.191 e. The van der Waals surface area contributed by atoms with Crippen LogP contribution < -0.4 is 0 Å². The summed E-state index contributed by atoms with van der Waals surface area (Å²) in [6, 6.07) is 0. The third-order valence-corrected chi connectivity index (χ3v) is 1.69. The Hall–Kier alpha value is -0.230. The van der Waals surface area contributed by atoms with Crippen LogP contribution in [0.25, 0.3) is 0 Å². The summed E-state index contributed by atoms with van der Waals surface area (Å²) in [6.07, 6.45) is -4.78. The van der Waals surface area contributed by atoms with Gasteiger partial charge in [0.05, 0.1) is 6.61 Å². The average Bonchev–Trinajstić information content (AvgIpc) is 2.30. The van der Waals surface area contributed by atoms with Gasteiger partial charge in [-0.15, -0.1) is 0 Å². The highest BCUT2D eigenvalue weighted by atomic mass is 19.1. The molecule has 1 saturated heterocycles. The van der Waals surface area contributed by atoms with Gasteiger partial charge in [-0.05, 0) is 0 Å². The Bertz CT molecular complexity index is 114. The summed E-state index contributed by atoms with van der Waals surface area (Å²) < 4.78 is 22.2. The van der Waals surface area contributed by atoms with Crippen LogP contribution in [0.3, 0.4) is 0 Å². The molecular weight excluding hydrogens is 155 g/mol. The van der Waals surface area contributed by atoms with Gasteiger partial charge in [-0.25, -0.2) is 4.39 Å². The van der Waals surface area contributed by atoms with E-state index in [1.54, 1.807) is 0 Å². The first kappa shape index (κ1) is 8.86. The third-order valence-electron chi connectivity index (χ3n) is 1.69. The van der Waals surface area contributed by atoms with Crippen LogP contribution in [-0.2, 0) is 9.47 Å². The van der Waals surface area contributed by atoms with Gasteiger partial charge in [0.1, 0.15) is 12.2 Å². The monoisotopic (exact) mass is 166 g/mol. The molecule has 0 radical (unpaired) electrons. The molecule has 4 atom stereocenters. The van der Waals surface area contributed by atoms with E-state index >= 15 is 0 Å². The van der Waals surface area contributed by atoms with Crippen molar-refractivity contribution < 1.29 is 24.1 Å². The lowest BCUT2D eigenvalue weighted by Crippen LogP contribution is -2.31. The van der Waals surface area contributed by atoms with E-state index in [4.69, 9.17) is 14.9 Å². The molecule has 66 valence electrons. The molecule has 1 fully saturated rings. The molecule has 0 amide bonds. The van der Waals surface area contributed by atoms with Crippen molar-refractivity contribution in [3.63, 3.8) is 0 Å². The van der Waals surface area contributed by atoms with Gasteiger partial charge in [-0.2, -0.15) is 0 Å². The molecule has 0 bridgehead atoms. The molecule has 0 aromatic rings. The highest BCUT2D eigenvalue weighted by molar-refractivity contribution is 4.86. The average molecular weight is 166 g/mol. The van der Waals surface area contributed by atoms with Crippen LogP contribution in [-0.4, -0.2) is 48.6 Å². The molecule has 1 rings (SSSR count). The van der Waals surface area contributed by atoms with Crippen LogP contribution in [0.2, 0.25) is 0 Å². The molecule has 11 heavy (non-hydrogen) atoms. The van der Waals surface area contributed by atoms with Gasteiger partial charge < -0.3 is 19.7 Å². The summed E-state index contributed by atoms with van der Waals surface area (Å²) in [7, 11) is 1.28. The number of aliphatic hydroxyl groups is 2. The number of hydrogen-bond acceptors (Lipinski definition) is 4. The van der Waals surface area contributed by atoms with Crippen LogP contribution in [0.5, 0.6) is 0 Å². The van der Waals surface area contributed by atoms with Crippen molar-refractivity contribution in [3.8, 4) is 0 Å². The van der Waals surface area contributed by atoms with E-state index in [9.17, 15) is 4.39 Å². The largest absolute Gasteiger partial charge is 0.394 e. The minimum Gasteiger partial charge on any atom is -0.394 e. The smallest absolute Gasteiger partial charge is 0.191 e. The highest BCUT2D eigenvalue weighted by Crippen LogP contribution is 2.23. The molecule has 1 aliphatic rings.